The molecular weight excluding hydrogens is 379 g/mol. The zero-order chi connectivity index (χ0) is 14.4. The predicted molar refractivity (Wildman–Crippen MR) is 97.1 cm³/mol. The minimum absolute atomic E-state index is 0. The number of nitrogens with one attached hydrogen (secondary N) is 1. The molecule has 3 N–H and O–H groups in total. The van der Waals surface area contributed by atoms with Gasteiger partial charge in [0.05, 0.1) is 0 Å². The van der Waals surface area contributed by atoms with Gasteiger partial charge in [-0.1, -0.05) is 12.1 Å². The fraction of sp³-hybridized carbons (Fsp3) is 0.467. The fourth-order valence-corrected chi connectivity index (χ4v) is 2.31. The highest BCUT2D eigenvalue weighted by molar-refractivity contribution is 14.0. The number of halogens is 1. The van der Waals surface area contributed by atoms with Crippen molar-refractivity contribution in [2.45, 2.75) is 26.2 Å². The Labute approximate surface area is 143 Å². The summed E-state index contributed by atoms with van der Waals surface area (Å²) in [6.07, 6.45) is 2.53. The van der Waals surface area contributed by atoms with Crippen molar-refractivity contribution in [1.29, 1.82) is 0 Å². The maximum atomic E-state index is 11.4. The Morgan fingerprint density at radius 3 is 2.95 bits per heavy atom. The standard InChI is InChI=1S/C15H22N4O.HI/c1-12-5-2-6-13(11-12)18-15(16)17-8-4-10-19-9-3-7-14(19)20;/h2,5-6,11H,3-4,7-10H2,1H3,(H3,16,17,18);1H. The van der Waals surface area contributed by atoms with Crippen LogP contribution in [-0.4, -0.2) is 36.4 Å². The summed E-state index contributed by atoms with van der Waals surface area (Å²) in [5.41, 5.74) is 7.96. The number of amides is 1. The van der Waals surface area contributed by atoms with Crippen molar-refractivity contribution >= 4 is 41.5 Å². The van der Waals surface area contributed by atoms with Crippen molar-refractivity contribution in [3.8, 4) is 0 Å². The molecule has 21 heavy (non-hydrogen) atoms. The number of nitrogens with two attached hydrogens (primary N) is 1. The van der Waals surface area contributed by atoms with Gasteiger partial charge < -0.3 is 16.0 Å². The first-order valence-electron chi connectivity index (χ1n) is 7.06. The summed E-state index contributed by atoms with van der Waals surface area (Å²) in [6.45, 7) is 4.33. The van der Waals surface area contributed by atoms with Crippen molar-refractivity contribution in [2.24, 2.45) is 10.7 Å². The molecule has 1 amide bonds. The summed E-state index contributed by atoms with van der Waals surface area (Å²) in [7, 11) is 0. The largest absolute Gasteiger partial charge is 0.370 e. The first-order chi connectivity index (χ1) is 9.65. The second-order valence-electron chi connectivity index (χ2n) is 5.10. The Morgan fingerprint density at radius 1 is 1.48 bits per heavy atom. The van der Waals surface area contributed by atoms with Crippen LogP contribution in [0.3, 0.4) is 0 Å². The summed E-state index contributed by atoms with van der Waals surface area (Å²) in [6, 6.07) is 7.99. The molecular formula is C15H23IN4O. The molecule has 1 fully saturated rings. The van der Waals surface area contributed by atoms with E-state index in [1.807, 2.05) is 36.1 Å². The van der Waals surface area contributed by atoms with Crippen molar-refractivity contribution in [1.82, 2.24) is 4.90 Å². The zero-order valence-corrected chi connectivity index (χ0v) is 14.7. The smallest absolute Gasteiger partial charge is 0.222 e. The maximum absolute atomic E-state index is 11.4. The number of benzene rings is 1. The quantitative estimate of drug-likeness (QED) is 0.344. The number of hydrogen-bond acceptors (Lipinski definition) is 2. The van der Waals surface area contributed by atoms with Gasteiger partial charge in [-0.25, -0.2) is 0 Å². The molecule has 1 aromatic rings. The SMILES string of the molecule is Cc1cccc(NC(N)=NCCCN2CCCC2=O)c1.I. The summed E-state index contributed by atoms with van der Waals surface area (Å²) < 4.78 is 0. The lowest BCUT2D eigenvalue weighted by atomic mass is 10.2. The molecule has 0 radical (unpaired) electrons. The molecule has 0 atom stereocenters. The van der Waals surface area contributed by atoms with Gasteiger partial charge in [0.1, 0.15) is 0 Å². The summed E-state index contributed by atoms with van der Waals surface area (Å²) in [5.74, 6) is 0.684. The first-order valence-corrected chi connectivity index (χ1v) is 7.06. The van der Waals surface area contributed by atoms with Crippen LogP contribution in [0.5, 0.6) is 0 Å². The molecule has 2 rings (SSSR count). The molecule has 0 bridgehead atoms. The molecule has 116 valence electrons. The number of hydrogen-bond donors (Lipinski definition) is 2. The van der Waals surface area contributed by atoms with E-state index in [2.05, 4.69) is 10.3 Å². The topological polar surface area (TPSA) is 70.7 Å². The van der Waals surface area contributed by atoms with E-state index in [-0.39, 0.29) is 29.9 Å². The molecule has 0 spiro atoms. The number of aliphatic imine (C=N–C) groups is 1. The van der Waals surface area contributed by atoms with Gasteiger partial charge >= 0.3 is 0 Å². The molecule has 0 saturated carbocycles. The number of anilines is 1. The molecule has 1 heterocycles. The summed E-state index contributed by atoms with van der Waals surface area (Å²) in [4.78, 5) is 17.6. The summed E-state index contributed by atoms with van der Waals surface area (Å²) >= 11 is 0. The van der Waals surface area contributed by atoms with Gasteiger partial charge in [0, 0.05) is 31.7 Å². The number of carbonyl (C=O) groups excluding carboxylic acids is 1. The van der Waals surface area contributed by atoms with E-state index >= 15 is 0 Å². The van der Waals surface area contributed by atoms with E-state index in [0.29, 0.717) is 18.9 Å². The molecule has 0 aliphatic carbocycles. The van der Waals surface area contributed by atoms with Crippen molar-refractivity contribution < 1.29 is 4.79 Å². The van der Waals surface area contributed by atoms with Crippen LogP contribution in [0.2, 0.25) is 0 Å². The first kappa shape index (κ1) is 17.7. The number of carbonyl (C=O) groups is 1. The van der Waals surface area contributed by atoms with Crippen LogP contribution in [0.25, 0.3) is 0 Å². The Bertz CT molecular complexity index is 504. The lowest BCUT2D eigenvalue weighted by molar-refractivity contribution is -0.127. The second-order valence-corrected chi connectivity index (χ2v) is 5.10. The Hall–Kier alpha value is -1.31. The molecule has 1 aliphatic heterocycles. The van der Waals surface area contributed by atoms with Crippen molar-refractivity contribution in [3.05, 3.63) is 29.8 Å². The third-order valence-corrected chi connectivity index (χ3v) is 3.33. The van der Waals surface area contributed by atoms with Gasteiger partial charge in [0.2, 0.25) is 5.91 Å². The molecule has 1 aromatic carbocycles. The fourth-order valence-electron chi connectivity index (χ4n) is 2.31. The van der Waals surface area contributed by atoms with E-state index < -0.39 is 0 Å². The van der Waals surface area contributed by atoms with Crippen LogP contribution in [-0.2, 0) is 4.79 Å². The van der Waals surface area contributed by atoms with Gasteiger partial charge in [-0.2, -0.15) is 0 Å². The van der Waals surface area contributed by atoms with Gasteiger partial charge in [-0.15, -0.1) is 24.0 Å². The molecule has 1 saturated heterocycles. The van der Waals surface area contributed by atoms with Gasteiger partial charge in [-0.3, -0.25) is 9.79 Å². The van der Waals surface area contributed by atoms with Crippen LogP contribution in [0.1, 0.15) is 24.8 Å². The second kappa shape index (κ2) is 8.86. The lowest BCUT2D eigenvalue weighted by Crippen LogP contribution is -2.27. The minimum atomic E-state index is 0. The normalized spacial score (nSPS) is 15.0. The average Bonchev–Trinajstić information content (AvgIpc) is 2.80. The molecule has 6 heteroatoms. The van der Waals surface area contributed by atoms with Crippen LogP contribution in [0.4, 0.5) is 5.69 Å². The van der Waals surface area contributed by atoms with Crippen LogP contribution in [0.15, 0.2) is 29.3 Å². The predicted octanol–water partition coefficient (Wildman–Crippen LogP) is 2.35. The number of nitrogens with zero attached hydrogens (tertiary/aromatic N) is 2. The van der Waals surface area contributed by atoms with Crippen LogP contribution in [0, 0.1) is 6.92 Å². The number of guanidine groups is 1. The highest BCUT2D eigenvalue weighted by Gasteiger charge is 2.18. The maximum Gasteiger partial charge on any atom is 0.222 e. The van der Waals surface area contributed by atoms with E-state index in [1.165, 1.54) is 5.56 Å². The van der Waals surface area contributed by atoms with E-state index in [1.54, 1.807) is 0 Å². The molecule has 0 aromatic heterocycles. The monoisotopic (exact) mass is 402 g/mol. The third kappa shape index (κ3) is 5.91. The number of likely N-dealkylation sites (tertiary alicyclic amines) is 1. The lowest BCUT2D eigenvalue weighted by Gasteiger charge is -2.14. The Morgan fingerprint density at radius 2 is 2.29 bits per heavy atom. The van der Waals surface area contributed by atoms with E-state index in [9.17, 15) is 4.79 Å². The van der Waals surface area contributed by atoms with Crippen molar-refractivity contribution in [3.63, 3.8) is 0 Å². The minimum Gasteiger partial charge on any atom is -0.370 e. The van der Waals surface area contributed by atoms with Crippen molar-refractivity contribution in [2.75, 3.05) is 25.0 Å². The van der Waals surface area contributed by atoms with E-state index in [0.717, 1.165) is 31.6 Å². The molecule has 0 unspecified atom stereocenters. The Kier molecular flexibility index (Phi) is 7.49. The average molecular weight is 402 g/mol. The molecule has 1 aliphatic rings. The number of rotatable bonds is 5. The van der Waals surface area contributed by atoms with Crippen LogP contribution < -0.4 is 11.1 Å². The summed E-state index contributed by atoms with van der Waals surface area (Å²) in [5, 5.41) is 3.07. The zero-order valence-electron chi connectivity index (χ0n) is 12.3. The highest BCUT2D eigenvalue weighted by atomic mass is 127. The van der Waals surface area contributed by atoms with Gasteiger partial charge in [0.15, 0.2) is 5.96 Å². The van der Waals surface area contributed by atoms with Gasteiger partial charge in [0.25, 0.3) is 0 Å². The van der Waals surface area contributed by atoms with Gasteiger partial charge in [-0.05, 0) is 37.5 Å². The number of aryl methyl sites for hydroxylation is 1. The highest BCUT2D eigenvalue weighted by Crippen LogP contribution is 2.10. The Balaban J connectivity index is 0.00000220. The third-order valence-electron chi connectivity index (χ3n) is 3.33. The van der Waals surface area contributed by atoms with Crippen LogP contribution >= 0.6 is 24.0 Å². The van der Waals surface area contributed by atoms with E-state index in [4.69, 9.17) is 5.73 Å². The molecule has 5 nitrogen and oxygen atoms in total.